The summed E-state index contributed by atoms with van der Waals surface area (Å²) >= 11 is 0. The number of rotatable bonds is 2. The number of amides is 2. The van der Waals surface area contributed by atoms with Gasteiger partial charge >= 0.3 is 6.03 Å². The summed E-state index contributed by atoms with van der Waals surface area (Å²) in [5.41, 5.74) is -0.679. The number of carbonyl (C=O) groups is 1. The molecule has 4 heteroatoms. The first-order chi connectivity index (χ1) is 7.45. The Balaban J connectivity index is 0.00000106. The van der Waals surface area contributed by atoms with Crippen LogP contribution in [-0.4, -0.2) is 41.3 Å². The Morgan fingerprint density at radius 1 is 1.50 bits per heavy atom. The van der Waals surface area contributed by atoms with Crippen molar-refractivity contribution in [2.45, 2.75) is 46.6 Å². The van der Waals surface area contributed by atoms with Gasteiger partial charge in [0.2, 0.25) is 0 Å². The molecule has 96 valence electrons. The first kappa shape index (κ1) is 15.2. The highest BCUT2D eigenvalue weighted by Gasteiger charge is 2.35. The minimum Gasteiger partial charge on any atom is -0.390 e. The van der Waals surface area contributed by atoms with E-state index in [2.05, 4.69) is 5.32 Å². The lowest BCUT2D eigenvalue weighted by Crippen LogP contribution is -2.40. The van der Waals surface area contributed by atoms with Gasteiger partial charge < -0.3 is 15.3 Å². The van der Waals surface area contributed by atoms with E-state index < -0.39 is 5.60 Å². The molecule has 16 heavy (non-hydrogen) atoms. The fraction of sp³-hybridized carbons (Fsp3) is 0.917. The molecule has 0 saturated carbocycles. The van der Waals surface area contributed by atoms with E-state index >= 15 is 0 Å². The Morgan fingerprint density at radius 3 is 2.44 bits per heavy atom. The molecular formula is C12H26N2O2. The molecule has 1 aliphatic heterocycles. The van der Waals surface area contributed by atoms with Gasteiger partial charge in [0.25, 0.3) is 0 Å². The standard InChI is InChI=1S/C10H20N2O2.C2H6/c1-4-11-9(13)12-6-5-8(7-12)10(2,3)14;1-2/h8,14H,4-7H2,1-3H3,(H,11,13);1-2H3. The monoisotopic (exact) mass is 230 g/mol. The third-order valence-corrected chi connectivity index (χ3v) is 2.80. The largest absolute Gasteiger partial charge is 0.390 e. The van der Waals surface area contributed by atoms with Crippen LogP contribution in [0.25, 0.3) is 0 Å². The van der Waals surface area contributed by atoms with E-state index in [1.165, 1.54) is 0 Å². The molecule has 0 bridgehead atoms. The third kappa shape index (κ3) is 4.39. The van der Waals surface area contributed by atoms with E-state index in [4.69, 9.17) is 0 Å². The van der Waals surface area contributed by atoms with Crippen molar-refractivity contribution in [1.82, 2.24) is 10.2 Å². The molecule has 1 rings (SSSR count). The van der Waals surface area contributed by atoms with Gasteiger partial charge in [-0.15, -0.1) is 0 Å². The Morgan fingerprint density at radius 2 is 2.06 bits per heavy atom. The van der Waals surface area contributed by atoms with E-state index in [9.17, 15) is 9.90 Å². The van der Waals surface area contributed by atoms with E-state index in [1.54, 1.807) is 18.7 Å². The van der Waals surface area contributed by atoms with Crippen molar-refractivity contribution in [3.63, 3.8) is 0 Å². The van der Waals surface area contributed by atoms with Crippen LogP contribution in [-0.2, 0) is 0 Å². The van der Waals surface area contributed by atoms with Gasteiger partial charge in [-0.3, -0.25) is 0 Å². The number of likely N-dealkylation sites (tertiary alicyclic amines) is 1. The van der Waals surface area contributed by atoms with Crippen LogP contribution in [0.4, 0.5) is 4.79 Å². The second-order valence-corrected chi connectivity index (χ2v) is 4.42. The maximum atomic E-state index is 11.5. The average Bonchev–Trinajstić information content (AvgIpc) is 2.69. The number of carbonyl (C=O) groups excluding carboxylic acids is 1. The van der Waals surface area contributed by atoms with Crippen LogP contribution in [0.1, 0.15) is 41.0 Å². The van der Waals surface area contributed by atoms with Crippen LogP contribution in [0, 0.1) is 5.92 Å². The molecule has 0 aromatic heterocycles. The molecule has 1 heterocycles. The van der Waals surface area contributed by atoms with E-state index in [0.717, 1.165) is 13.0 Å². The minimum atomic E-state index is -0.679. The van der Waals surface area contributed by atoms with Crippen molar-refractivity contribution >= 4 is 6.03 Å². The number of nitrogens with one attached hydrogen (secondary N) is 1. The number of aliphatic hydroxyl groups is 1. The lowest BCUT2D eigenvalue weighted by atomic mass is 9.91. The summed E-state index contributed by atoms with van der Waals surface area (Å²) in [7, 11) is 0. The zero-order chi connectivity index (χ0) is 12.8. The molecule has 1 atom stereocenters. The van der Waals surface area contributed by atoms with Gasteiger partial charge in [0.05, 0.1) is 5.60 Å². The molecule has 0 aliphatic carbocycles. The van der Waals surface area contributed by atoms with Gasteiger partial charge in [-0.05, 0) is 27.2 Å². The quantitative estimate of drug-likeness (QED) is 0.760. The fourth-order valence-electron chi connectivity index (χ4n) is 1.78. The summed E-state index contributed by atoms with van der Waals surface area (Å²) in [4.78, 5) is 13.2. The highest BCUT2D eigenvalue weighted by Crippen LogP contribution is 2.26. The topological polar surface area (TPSA) is 52.6 Å². The Bertz CT molecular complexity index is 212. The summed E-state index contributed by atoms with van der Waals surface area (Å²) in [6.07, 6.45) is 0.890. The van der Waals surface area contributed by atoms with Gasteiger partial charge in [-0.25, -0.2) is 4.79 Å². The normalized spacial score (nSPS) is 20.1. The van der Waals surface area contributed by atoms with Gasteiger partial charge in [0, 0.05) is 25.6 Å². The molecule has 2 N–H and O–H groups in total. The molecule has 1 saturated heterocycles. The molecule has 0 radical (unpaired) electrons. The number of hydrogen-bond donors (Lipinski definition) is 2. The summed E-state index contributed by atoms with van der Waals surface area (Å²) < 4.78 is 0. The van der Waals surface area contributed by atoms with Gasteiger partial charge in [0.1, 0.15) is 0 Å². The maximum absolute atomic E-state index is 11.5. The summed E-state index contributed by atoms with van der Waals surface area (Å²) in [6, 6.07) is -0.0146. The predicted molar refractivity (Wildman–Crippen MR) is 66.4 cm³/mol. The summed E-state index contributed by atoms with van der Waals surface area (Å²) in [6.45, 7) is 11.6. The highest BCUT2D eigenvalue weighted by molar-refractivity contribution is 5.74. The van der Waals surface area contributed by atoms with E-state index in [-0.39, 0.29) is 11.9 Å². The summed E-state index contributed by atoms with van der Waals surface area (Å²) in [5.74, 6) is 0.199. The van der Waals surface area contributed by atoms with Crippen molar-refractivity contribution in [2.24, 2.45) is 5.92 Å². The zero-order valence-corrected chi connectivity index (χ0v) is 11.2. The first-order valence-corrected chi connectivity index (χ1v) is 6.20. The molecule has 2 amide bonds. The van der Waals surface area contributed by atoms with E-state index in [0.29, 0.717) is 13.1 Å². The van der Waals surface area contributed by atoms with Gasteiger partial charge in [-0.2, -0.15) is 0 Å². The second kappa shape index (κ2) is 6.74. The molecule has 1 fully saturated rings. The molecule has 1 unspecified atom stereocenters. The molecule has 0 aromatic carbocycles. The van der Waals surface area contributed by atoms with Gasteiger partial charge in [-0.1, -0.05) is 13.8 Å². The third-order valence-electron chi connectivity index (χ3n) is 2.80. The van der Waals surface area contributed by atoms with Crippen LogP contribution in [0.15, 0.2) is 0 Å². The second-order valence-electron chi connectivity index (χ2n) is 4.42. The van der Waals surface area contributed by atoms with E-state index in [1.807, 2.05) is 20.8 Å². The van der Waals surface area contributed by atoms with Crippen LogP contribution in [0.5, 0.6) is 0 Å². The first-order valence-electron chi connectivity index (χ1n) is 6.20. The Kier molecular flexibility index (Phi) is 6.41. The smallest absolute Gasteiger partial charge is 0.317 e. The molecule has 0 aromatic rings. The van der Waals surface area contributed by atoms with Crippen LogP contribution >= 0.6 is 0 Å². The van der Waals surface area contributed by atoms with Crippen molar-refractivity contribution < 1.29 is 9.90 Å². The molecule has 4 nitrogen and oxygen atoms in total. The highest BCUT2D eigenvalue weighted by atomic mass is 16.3. The van der Waals surface area contributed by atoms with Crippen LogP contribution in [0.2, 0.25) is 0 Å². The SMILES string of the molecule is CC.CCNC(=O)N1CCC(C(C)(C)O)C1. The average molecular weight is 230 g/mol. The number of urea groups is 1. The summed E-state index contributed by atoms with van der Waals surface area (Å²) in [5, 5.41) is 12.6. The lowest BCUT2D eigenvalue weighted by molar-refractivity contribution is 0.0225. The predicted octanol–water partition coefficient (Wildman–Crippen LogP) is 1.83. The zero-order valence-electron chi connectivity index (χ0n) is 11.2. The molecule has 1 aliphatic rings. The lowest BCUT2D eigenvalue weighted by Gasteiger charge is -2.25. The van der Waals surface area contributed by atoms with Crippen LogP contribution < -0.4 is 5.32 Å². The van der Waals surface area contributed by atoms with Crippen molar-refractivity contribution in [2.75, 3.05) is 19.6 Å². The fourth-order valence-corrected chi connectivity index (χ4v) is 1.78. The van der Waals surface area contributed by atoms with Gasteiger partial charge in [0.15, 0.2) is 0 Å². The number of nitrogens with zero attached hydrogens (tertiary/aromatic N) is 1. The molecular weight excluding hydrogens is 204 g/mol. The van der Waals surface area contributed by atoms with Crippen LogP contribution in [0.3, 0.4) is 0 Å². The Hall–Kier alpha value is -0.770. The number of hydrogen-bond acceptors (Lipinski definition) is 2. The molecule has 0 spiro atoms. The van der Waals surface area contributed by atoms with Crippen molar-refractivity contribution in [3.8, 4) is 0 Å². The Labute approximate surface area is 99.0 Å². The van der Waals surface area contributed by atoms with Crippen molar-refractivity contribution in [3.05, 3.63) is 0 Å². The van der Waals surface area contributed by atoms with Crippen molar-refractivity contribution in [1.29, 1.82) is 0 Å². The maximum Gasteiger partial charge on any atom is 0.317 e. The minimum absolute atomic E-state index is 0.0146.